The summed E-state index contributed by atoms with van der Waals surface area (Å²) >= 11 is 0. The van der Waals surface area contributed by atoms with Crippen LogP contribution in [0, 0.1) is 5.92 Å². The first-order valence-electron chi connectivity index (χ1n) is 6.95. The van der Waals surface area contributed by atoms with Crippen molar-refractivity contribution in [2.24, 2.45) is 5.92 Å². The number of carboxylic acids is 1. The van der Waals surface area contributed by atoms with Crippen LogP contribution in [0.15, 0.2) is 0 Å². The zero-order valence-corrected chi connectivity index (χ0v) is 12.0. The summed E-state index contributed by atoms with van der Waals surface area (Å²) in [6.45, 7) is 5.27. The molecule has 1 heterocycles. The Balaban J connectivity index is 2.26. The molecule has 0 spiro atoms. The Morgan fingerprint density at radius 1 is 1.30 bits per heavy atom. The molecule has 1 aliphatic rings. The average molecular weight is 285 g/mol. The average Bonchev–Trinajstić information content (AvgIpc) is 2.85. The summed E-state index contributed by atoms with van der Waals surface area (Å²) in [7, 11) is 0. The lowest BCUT2D eigenvalue weighted by atomic mass is 10.2. The number of urea groups is 1. The molecule has 1 aliphatic heterocycles. The number of carboxylic acid groups (broad SMARTS) is 1. The molecule has 0 aromatic rings. The molecule has 0 unspecified atom stereocenters. The van der Waals surface area contributed by atoms with Gasteiger partial charge in [0.2, 0.25) is 5.91 Å². The molecule has 3 N–H and O–H groups in total. The second kappa shape index (κ2) is 7.72. The monoisotopic (exact) mass is 285 g/mol. The van der Waals surface area contributed by atoms with Gasteiger partial charge >= 0.3 is 12.0 Å². The lowest BCUT2D eigenvalue weighted by molar-refractivity contribution is -0.141. The Morgan fingerprint density at radius 2 is 2.00 bits per heavy atom. The molecular weight excluding hydrogens is 262 g/mol. The van der Waals surface area contributed by atoms with Crippen LogP contribution in [0.4, 0.5) is 4.79 Å². The van der Waals surface area contributed by atoms with Crippen LogP contribution in [0.2, 0.25) is 0 Å². The van der Waals surface area contributed by atoms with Gasteiger partial charge in [0.1, 0.15) is 6.04 Å². The number of hydrogen-bond donors (Lipinski definition) is 3. The summed E-state index contributed by atoms with van der Waals surface area (Å²) in [6, 6.07) is -1.16. The lowest BCUT2D eigenvalue weighted by Gasteiger charge is -2.21. The Labute approximate surface area is 118 Å². The fourth-order valence-corrected chi connectivity index (χ4v) is 2.06. The predicted octanol–water partition coefficient (Wildman–Crippen LogP) is 0.407. The first-order valence-corrected chi connectivity index (χ1v) is 6.95. The van der Waals surface area contributed by atoms with Crippen LogP contribution in [0.25, 0.3) is 0 Å². The van der Waals surface area contributed by atoms with E-state index >= 15 is 0 Å². The van der Waals surface area contributed by atoms with Crippen LogP contribution < -0.4 is 10.6 Å². The minimum absolute atomic E-state index is 0.116. The number of likely N-dealkylation sites (tertiary alicyclic amines) is 1. The second-order valence-corrected chi connectivity index (χ2v) is 5.37. The zero-order valence-electron chi connectivity index (χ0n) is 12.0. The Hall–Kier alpha value is -1.79. The summed E-state index contributed by atoms with van der Waals surface area (Å²) < 4.78 is 0. The van der Waals surface area contributed by atoms with Crippen LogP contribution in [0.1, 0.15) is 33.1 Å². The van der Waals surface area contributed by atoms with Crippen molar-refractivity contribution in [3.8, 4) is 0 Å². The Morgan fingerprint density at radius 3 is 2.60 bits per heavy atom. The fraction of sp³-hybridized carbons (Fsp3) is 0.769. The molecule has 1 fully saturated rings. The highest BCUT2D eigenvalue weighted by Crippen LogP contribution is 2.17. The molecule has 114 valence electrons. The minimum atomic E-state index is -0.979. The SMILES string of the molecule is CC(C)CNC(=O)CCNC(=O)N1CCC[C@@H]1C(=O)O. The third kappa shape index (κ3) is 5.07. The van der Waals surface area contributed by atoms with Crippen molar-refractivity contribution in [2.75, 3.05) is 19.6 Å². The van der Waals surface area contributed by atoms with Gasteiger partial charge in [-0.2, -0.15) is 0 Å². The molecule has 3 amide bonds. The first kappa shape index (κ1) is 16.3. The van der Waals surface area contributed by atoms with Crippen molar-refractivity contribution in [3.63, 3.8) is 0 Å². The molecule has 0 aliphatic carbocycles. The second-order valence-electron chi connectivity index (χ2n) is 5.37. The molecule has 1 saturated heterocycles. The minimum Gasteiger partial charge on any atom is -0.480 e. The molecule has 1 atom stereocenters. The number of nitrogens with one attached hydrogen (secondary N) is 2. The zero-order chi connectivity index (χ0) is 15.1. The molecule has 20 heavy (non-hydrogen) atoms. The molecule has 7 nitrogen and oxygen atoms in total. The standard InChI is InChI=1S/C13H23N3O4/c1-9(2)8-15-11(17)5-6-14-13(20)16-7-3-4-10(16)12(18)19/h9-10H,3-8H2,1-2H3,(H,14,20)(H,15,17)(H,18,19)/t10-/m1/s1. The van der Waals surface area contributed by atoms with Gasteiger partial charge in [-0.3, -0.25) is 4.79 Å². The highest BCUT2D eigenvalue weighted by atomic mass is 16.4. The van der Waals surface area contributed by atoms with Gasteiger partial charge in [-0.15, -0.1) is 0 Å². The lowest BCUT2D eigenvalue weighted by Crippen LogP contribution is -2.46. The van der Waals surface area contributed by atoms with Gasteiger partial charge in [0.15, 0.2) is 0 Å². The molecule has 7 heteroatoms. The van der Waals surface area contributed by atoms with E-state index in [1.165, 1.54) is 4.90 Å². The summed E-state index contributed by atoms with van der Waals surface area (Å²) in [5.74, 6) is -0.711. The van der Waals surface area contributed by atoms with Gasteiger partial charge in [-0.25, -0.2) is 9.59 Å². The highest BCUT2D eigenvalue weighted by Gasteiger charge is 2.33. The number of aliphatic carboxylic acids is 1. The summed E-state index contributed by atoms with van der Waals surface area (Å²) in [6.07, 6.45) is 1.38. The van der Waals surface area contributed by atoms with Gasteiger partial charge in [0, 0.05) is 26.1 Å². The van der Waals surface area contributed by atoms with E-state index in [0.717, 1.165) is 0 Å². The van der Waals surface area contributed by atoms with Crippen LogP contribution in [-0.4, -0.2) is 53.6 Å². The summed E-state index contributed by atoms with van der Waals surface area (Å²) in [5, 5.41) is 14.3. The van der Waals surface area contributed by atoms with E-state index in [0.29, 0.717) is 31.8 Å². The maximum atomic E-state index is 11.8. The summed E-state index contributed by atoms with van der Waals surface area (Å²) in [4.78, 5) is 35.6. The Bertz CT molecular complexity index is 371. The maximum Gasteiger partial charge on any atom is 0.326 e. The predicted molar refractivity (Wildman–Crippen MR) is 73.2 cm³/mol. The van der Waals surface area contributed by atoms with Gasteiger partial charge < -0.3 is 20.6 Å². The van der Waals surface area contributed by atoms with E-state index in [9.17, 15) is 14.4 Å². The van der Waals surface area contributed by atoms with Crippen molar-refractivity contribution in [2.45, 2.75) is 39.2 Å². The quantitative estimate of drug-likeness (QED) is 0.658. The van der Waals surface area contributed by atoms with Gasteiger partial charge in [-0.1, -0.05) is 13.8 Å². The van der Waals surface area contributed by atoms with Crippen LogP contribution in [0.3, 0.4) is 0 Å². The smallest absolute Gasteiger partial charge is 0.326 e. The van der Waals surface area contributed by atoms with Crippen LogP contribution in [-0.2, 0) is 9.59 Å². The van der Waals surface area contributed by atoms with Crippen LogP contribution >= 0.6 is 0 Å². The number of nitrogens with zero attached hydrogens (tertiary/aromatic N) is 1. The van der Waals surface area contributed by atoms with Crippen molar-refractivity contribution < 1.29 is 19.5 Å². The van der Waals surface area contributed by atoms with Crippen molar-refractivity contribution >= 4 is 17.9 Å². The molecule has 0 bridgehead atoms. The van der Waals surface area contributed by atoms with E-state index in [1.54, 1.807) is 0 Å². The normalized spacial score (nSPS) is 18.1. The third-order valence-electron chi connectivity index (χ3n) is 3.13. The number of carbonyl (C=O) groups is 3. The number of rotatable bonds is 6. The van der Waals surface area contributed by atoms with Crippen LogP contribution in [0.5, 0.6) is 0 Å². The fourth-order valence-electron chi connectivity index (χ4n) is 2.06. The van der Waals surface area contributed by atoms with E-state index in [1.807, 2.05) is 13.8 Å². The first-order chi connectivity index (χ1) is 9.41. The molecule has 0 aromatic carbocycles. The van der Waals surface area contributed by atoms with Gasteiger partial charge in [-0.05, 0) is 18.8 Å². The van der Waals surface area contributed by atoms with E-state index < -0.39 is 18.0 Å². The number of amides is 3. The highest BCUT2D eigenvalue weighted by molar-refractivity contribution is 5.83. The maximum absolute atomic E-state index is 11.8. The van der Waals surface area contributed by atoms with Crippen molar-refractivity contribution in [1.82, 2.24) is 15.5 Å². The van der Waals surface area contributed by atoms with Gasteiger partial charge in [0.05, 0.1) is 0 Å². The molecule has 0 saturated carbocycles. The third-order valence-corrected chi connectivity index (χ3v) is 3.13. The largest absolute Gasteiger partial charge is 0.480 e. The molecule has 0 aromatic heterocycles. The number of carbonyl (C=O) groups excluding carboxylic acids is 2. The Kier molecular flexibility index (Phi) is 6.27. The van der Waals surface area contributed by atoms with Crippen molar-refractivity contribution in [3.05, 3.63) is 0 Å². The van der Waals surface area contributed by atoms with Gasteiger partial charge in [0.25, 0.3) is 0 Å². The summed E-state index contributed by atoms with van der Waals surface area (Å²) in [5.41, 5.74) is 0. The molecular formula is C13H23N3O4. The van der Waals surface area contributed by atoms with E-state index in [4.69, 9.17) is 5.11 Å². The van der Waals surface area contributed by atoms with E-state index in [-0.39, 0.29) is 18.9 Å². The van der Waals surface area contributed by atoms with Crippen molar-refractivity contribution in [1.29, 1.82) is 0 Å². The topological polar surface area (TPSA) is 98.7 Å². The number of hydrogen-bond acceptors (Lipinski definition) is 3. The van der Waals surface area contributed by atoms with E-state index in [2.05, 4.69) is 10.6 Å². The molecule has 1 rings (SSSR count). The molecule has 0 radical (unpaired) electrons.